The first-order chi connectivity index (χ1) is 10.2. The Bertz CT molecular complexity index is 782. The van der Waals surface area contributed by atoms with E-state index in [-0.39, 0.29) is 0 Å². The average Bonchev–Trinajstić information content (AvgIpc) is 2.95. The fourth-order valence-corrected chi connectivity index (χ4v) is 3.04. The predicted octanol–water partition coefficient (Wildman–Crippen LogP) is 4.11. The largest absolute Gasteiger partial charge is 0.497 e. The zero-order valence-corrected chi connectivity index (χ0v) is 13.1. The van der Waals surface area contributed by atoms with Crippen LogP contribution >= 0.6 is 11.3 Å². The van der Waals surface area contributed by atoms with Gasteiger partial charge in [0.1, 0.15) is 11.4 Å². The normalized spacial score (nSPS) is 10.8. The Morgan fingerprint density at radius 2 is 2.05 bits per heavy atom. The molecule has 1 N–H and O–H groups in total. The second-order valence-electron chi connectivity index (χ2n) is 4.78. The number of thiazole rings is 1. The highest BCUT2D eigenvalue weighted by molar-refractivity contribution is 7.14. The molecule has 3 rings (SSSR count). The van der Waals surface area contributed by atoms with E-state index < -0.39 is 0 Å². The molecule has 0 aliphatic carbocycles. The molecule has 0 radical (unpaired) electrons. The summed E-state index contributed by atoms with van der Waals surface area (Å²) in [5, 5.41) is 7.33. The van der Waals surface area contributed by atoms with Gasteiger partial charge in [0.2, 0.25) is 0 Å². The minimum absolute atomic E-state index is 0.818. The topological polar surface area (TPSA) is 47.0 Å². The molecule has 0 saturated carbocycles. The van der Waals surface area contributed by atoms with Crippen molar-refractivity contribution in [2.45, 2.75) is 13.8 Å². The minimum atomic E-state index is 0.818. The Labute approximate surface area is 127 Å². The van der Waals surface area contributed by atoms with Crippen molar-refractivity contribution in [1.29, 1.82) is 0 Å². The van der Waals surface area contributed by atoms with Crippen LogP contribution in [0.4, 0.5) is 5.13 Å². The number of hydrogen-bond donors (Lipinski definition) is 1. The van der Waals surface area contributed by atoms with Crippen molar-refractivity contribution in [3.63, 3.8) is 0 Å². The van der Waals surface area contributed by atoms with Crippen molar-refractivity contribution in [1.82, 2.24) is 9.97 Å². The summed E-state index contributed by atoms with van der Waals surface area (Å²) in [7, 11) is 1.67. The zero-order valence-electron chi connectivity index (χ0n) is 12.3. The number of ether oxygens (including phenoxy) is 1. The highest BCUT2D eigenvalue weighted by Crippen LogP contribution is 2.28. The fourth-order valence-electron chi connectivity index (χ4n) is 2.26. The van der Waals surface area contributed by atoms with Gasteiger partial charge in [0.15, 0.2) is 5.13 Å². The lowest BCUT2D eigenvalue weighted by atomic mass is 10.1. The molecule has 2 aromatic heterocycles. The average molecular weight is 299 g/mol. The van der Waals surface area contributed by atoms with E-state index in [9.17, 15) is 0 Å². The predicted molar refractivity (Wildman–Crippen MR) is 88.3 cm³/mol. The number of methoxy groups -OCH3 is 1. The third kappa shape index (κ3) is 2.69. The Morgan fingerprint density at radius 3 is 2.81 bits per heavy atom. The van der Waals surface area contributed by atoms with E-state index in [4.69, 9.17) is 9.72 Å². The fraction of sp³-hybridized carbons (Fsp3) is 0.250. The molecule has 0 bridgehead atoms. The van der Waals surface area contributed by atoms with E-state index >= 15 is 0 Å². The Balaban J connectivity index is 2.09. The summed E-state index contributed by atoms with van der Waals surface area (Å²) < 4.78 is 5.28. The van der Waals surface area contributed by atoms with Crippen LogP contribution in [0.15, 0.2) is 29.6 Å². The van der Waals surface area contributed by atoms with Gasteiger partial charge in [-0.1, -0.05) is 0 Å². The van der Waals surface area contributed by atoms with Crippen LogP contribution in [-0.4, -0.2) is 23.6 Å². The standard InChI is InChI=1S/C16H17N3OS/c1-4-17-16-19-15(9-21-16)14-7-10(2)12-6-5-11(20-3)8-13(12)18-14/h5-9H,4H2,1-3H3,(H,17,19). The Hall–Kier alpha value is -2.14. The van der Waals surface area contributed by atoms with Crippen LogP contribution in [0.5, 0.6) is 5.75 Å². The maximum Gasteiger partial charge on any atom is 0.183 e. The quantitative estimate of drug-likeness (QED) is 0.787. The molecule has 0 amide bonds. The van der Waals surface area contributed by atoms with Gasteiger partial charge in [-0.2, -0.15) is 0 Å². The molecule has 0 unspecified atom stereocenters. The molecule has 3 aromatic rings. The maximum absolute atomic E-state index is 5.28. The summed E-state index contributed by atoms with van der Waals surface area (Å²) in [6.07, 6.45) is 0. The summed E-state index contributed by atoms with van der Waals surface area (Å²) in [5.74, 6) is 0.818. The highest BCUT2D eigenvalue weighted by Gasteiger charge is 2.09. The van der Waals surface area contributed by atoms with E-state index in [1.165, 1.54) is 5.56 Å². The van der Waals surface area contributed by atoms with E-state index in [1.54, 1.807) is 18.4 Å². The van der Waals surface area contributed by atoms with E-state index in [1.807, 2.05) is 23.6 Å². The van der Waals surface area contributed by atoms with E-state index in [2.05, 4.69) is 30.2 Å². The lowest BCUT2D eigenvalue weighted by Gasteiger charge is -2.07. The highest BCUT2D eigenvalue weighted by atomic mass is 32.1. The zero-order chi connectivity index (χ0) is 14.8. The Kier molecular flexibility index (Phi) is 3.75. The summed E-state index contributed by atoms with van der Waals surface area (Å²) >= 11 is 1.60. The molecule has 0 aliphatic heterocycles. The number of pyridine rings is 1. The van der Waals surface area contributed by atoms with Gasteiger partial charge in [-0.3, -0.25) is 0 Å². The van der Waals surface area contributed by atoms with Crippen molar-refractivity contribution < 1.29 is 4.74 Å². The molecule has 108 valence electrons. The first-order valence-electron chi connectivity index (χ1n) is 6.86. The number of nitrogens with zero attached hydrogens (tertiary/aromatic N) is 2. The number of aromatic nitrogens is 2. The number of rotatable bonds is 4. The van der Waals surface area contributed by atoms with E-state index in [0.717, 1.165) is 39.7 Å². The second-order valence-corrected chi connectivity index (χ2v) is 5.63. The molecule has 1 aromatic carbocycles. The first kappa shape index (κ1) is 13.8. The SMILES string of the molecule is CCNc1nc(-c2cc(C)c3ccc(OC)cc3n2)cs1. The minimum Gasteiger partial charge on any atom is -0.497 e. The van der Waals surface area contributed by atoms with Gasteiger partial charge in [0.25, 0.3) is 0 Å². The van der Waals surface area contributed by atoms with Gasteiger partial charge in [0.05, 0.1) is 18.3 Å². The van der Waals surface area contributed by atoms with Crippen molar-refractivity contribution in [2.75, 3.05) is 19.0 Å². The van der Waals surface area contributed by atoms with Gasteiger partial charge < -0.3 is 10.1 Å². The van der Waals surface area contributed by atoms with Crippen LogP contribution in [0.25, 0.3) is 22.3 Å². The summed E-state index contributed by atoms with van der Waals surface area (Å²) in [5.41, 5.74) is 3.93. The van der Waals surface area contributed by atoms with Crippen molar-refractivity contribution >= 4 is 27.4 Å². The summed E-state index contributed by atoms with van der Waals surface area (Å²) in [4.78, 5) is 9.30. The van der Waals surface area contributed by atoms with Crippen LogP contribution in [0.1, 0.15) is 12.5 Å². The van der Waals surface area contributed by atoms with Crippen LogP contribution in [0.2, 0.25) is 0 Å². The number of anilines is 1. The van der Waals surface area contributed by atoms with Gasteiger partial charge in [-0.05, 0) is 37.6 Å². The molecule has 0 spiro atoms. The van der Waals surface area contributed by atoms with Crippen LogP contribution in [0, 0.1) is 6.92 Å². The summed E-state index contributed by atoms with van der Waals surface area (Å²) in [6.45, 7) is 5.03. The molecule has 4 nitrogen and oxygen atoms in total. The van der Waals surface area contributed by atoms with Crippen molar-refractivity contribution in [3.05, 3.63) is 35.2 Å². The molecular weight excluding hydrogens is 282 g/mol. The molecule has 0 saturated heterocycles. The molecular formula is C16H17N3OS. The number of aryl methyl sites for hydroxylation is 1. The molecule has 21 heavy (non-hydrogen) atoms. The maximum atomic E-state index is 5.28. The first-order valence-corrected chi connectivity index (χ1v) is 7.74. The number of nitrogens with one attached hydrogen (secondary N) is 1. The molecule has 0 fully saturated rings. The summed E-state index contributed by atoms with van der Waals surface area (Å²) in [6, 6.07) is 8.05. The lowest BCUT2D eigenvalue weighted by Crippen LogP contribution is -1.95. The molecule has 2 heterocycles. The number of fused-ring (bicyclic) bond motifs is 1. The third-order valence-corrected chi connectivity index (χ3v) is 4.12. The molecule has 5 heteroatoms. The Morgan fingerprint density at radius 1 is 1.19 bits per heavy atom. The van der Waals surface area contributed by atoms with Crippen LogP contribution in [-0.2, 0) is 0 Å². The monoisotopic (exact) mass is 299 g/mol. The van der Waals surface area contributed by atoms with Crippen LogP contribution < -0.4 is 10.1 Å². The number of benzene rings is 1. The van der Waals surface area contributed by atoms with Gasteiger partial charge in [-0.25, -0.2) is 9.97 Å². The third-order valence-electron chi connectivity index (χ3n) is 3.32. The van der Waals surface area contributed by atoms with Crippen molar-refractivity contribution in [2.24, 2.45) is 0 Å². The molecule has 0 aliphatic rings. The number of hydrogen-bond acceptors (Lipinski definition) is 5. The molecule has 0 atom stereocenters. The van der Waals surface area contributed by atoms with Gasteiger partial charge >= 0.3 is 0 Å². The lowest BCUT2D eigenvalue weighted by molar-refractivity contribution is 0.415. The second kappa shape index (κ2) is 5.69. The van der Waals surface area contributed by atoms with Gasteiger partial charge in [-0.15, -0.1) is 11.3 Å². The van der Waals surface area contributed by atoms with Crippen molar-refractivity contribution in [3.8, 4) is 17.1 Å². The van der Waals surface area contributed by atoms with E-state index in [0.29, 0.717) is 0 Å². The van der Waals surface area contributed by atoms with Gasteiger partial charge in [0, 0.05) is 23.4 Å². The smallest absolute Gasteiger partial charge is 0.183 e. The van der Waals surface area contributed by atoms with Crippen LogP contribution in [0.3, 0.4) is 0 Å².